The van der Waals surface area contributed by atoms with Gasteiger partial charge in [0.2, 0.25) is 0 Å². The highest BCUT2D eigenvalue weighted by Crippen LogP contribution is 2.26. The molecule has 2 aromatic carbocycles. The lowest BCUT2D eigenvalue weighted by atomic mass is 10.1. The van der Waals surface area contributed by atoms with E-state index in [0.29, 0.717) is 39.6 Å². The van der Waals surface area contributed by atoms with Gasteiger partial charge in [-0.2, -0.15) is 0 Å². The number of nitrogens with one attached hydrogen (secondary N) is 2. The van der Waals surface area contributed by atoms with Crippen molar-refractivity contribution in [2.45, 2.75) is 33.1 Å². The van der Waals surface area contributed by atoms with Crippen LogP contribution in [0.1, 0.15) is 53.8 Å². The Morgan fingerprint density at radius 2 is 1.88 bits per heavy atom. The molecule has 6 nitrogen and oxygen atoms in total. The molecule has 170 valence electrons. The molecule has 0 saturated carbocycles. The highest BCUT2D eigenvalue weighted by molar-refractivity contribution is 9.10. The maximum absolute atomic E-state index is 12.6. The fraction of sp³-hybridized carbons (Fsp3) is 0.375. The van der Waals surface area contributed by atoms with Crippen molar-refractivity contribution < 1.29 is 14.3 Å². The SMILES string of the molecule is CC(C)CCOc1ccc(C(=O)NC(=S)Nc2cccc(C(=O)N3CCCC3)c2)cc1Br. The molecule has 0 spiro atoms. The third-order valence-electron chi connectivity index (χ3n) is 5.13. The largest absolute Gasteiger partial charge is 0.492 e. The predicted molar refractivity (Wildman–Crippen MR) is 134 cm³/mol. The fourth-order valence-corrected chi connectivity index (χ4v) is 4.04. The minimum atomic E-state index is -0.332. The standard InChI is InChI=1S/C24H28BrN3O3S/c1-16(2)10-13-31-21-9-8-17(15-20(21)25)22(29)27-24(32)26-19-7-5-6-18(14-19)23(30)28-11-3-4-12-28/h5-9,14-16H,3-4,10-13H2,1-2H3,(H2,26,27,29,32). The van der Waals surface area contributed by atoms with Crippen LogP contribution in [-0.2, 0) is 0 Å². The normalized spacial score (nSPS) is 13.2. The number of benzene rings is 2. The molecule has 8 heteroatoms. The number of hydrogen-bond acceptors (Lipinski definition) is 4. The summed E-state index contributed by atoms with van der Waals surface area (Å²) < 4.78 is 6.47. The predicted octanol–water partition coefficient (Wildman–Crippen LogP) is 5.24. The van der Waals surface area contributed by atoms with Crippen LogP contribution in [0.2, 0.25) is 0 Å². The minimum absolute atomic E-state index is 0.0154. The van der Waals surface area contributed by atoms with Crippen LogP contribution in [0.3, 0.4) is 0 Å². The summed E-state index contributed by atoms with van der Waals surface area (Å²) in [6.45, 7) is 6.49. The van der Waals surface area contributed by atoms with Crippen molar-refractivity contribution in [1.29, 1.82) is 0 Å². The summed E-state index contributed by atoms with van der Waals surface area (Å²) in [4.78, 5) is 27.0. The van der Waals surface area contributed by atoms with E-state index < -0.39 is 0 Å². The van der Waals surface area contributed by atoms with Gasteiger partial charge in [-0.15, -0.1) is 0 Å². The number of anilines is 1. The first-order valence-corrected chi connectivity index (χ1v) is 12.0. The van der Waals surface area contributed by atoms with E-state index in [1.54, 1.807) is 42.5 Å². The van der Waals surface area contributed by atoms with Crippen molar-refractivity contribution in [3.05, 3.63) is 58.1 Å². The van der Waals surface area contributed by atoms with Crippen molar-refractivity contribution >= 4 is 50.8 Å². The molecule has 1 fully saturated rings. The first kappa shape index (κ1) is 24.2. The maximum atomic E-state index is 12.6. The van der Waals surface area contributed by atoms with E-state index in [1.165, 1.54) is 0 Å². The van der Waals surface area contributed by atoms with Crippen LogP contribution in [0.4, 0.5) is 5.69 Å². The zero-order valence-electron chi connectivity index (χ0n) is 18.3. The second kappa shape index (κ2) is 11.4. The summed E-state index contributed by atoms with van der Waals surface area (Å²) in [7, 11) is 0. The van der Waals surface area contributed by atoms with Gasteiger partial charge >= 0.3 is 0 Å². The molecule has 1 saturated heterocycles. The Morgan fingerprint density at radius 1 is 1.12 bits per heavy atom. The number of halogens is 1. The molecule has 0 atom stereocenters. The van der Waals surface area contributed by atoms with Crippen LogP contribution in [-0.4, -0.2) is 41.5 Å². The summed E-state index contributed by atoms with van der Waals surface area (Å²) in [6.07, 6.45) is 3.04. The molecule has 0 unspecified atom stereocenters. The summed E-state index contributed by atoms with van der Waals surface area (Å²) in [5.74, 6) is 0.941. The van der Waals surface area contributed by atoms with E-state index in [4.69, 9.17) is 17.0 Å². The molecule has 0 bridgehead atoms. The summed E-state index contributed by atoms with van der Waals surface area (Å²) >= 11 is 8.76. The Balaban J connectivity index is 1.56. The van der Waals surface area contributed by atoms with Crippen LogP contribution < -0.4 is 15.4 Å². The van der Waals surface area contributed by atoms with Crippen LogP contribution in [0, 0.1) is 5.92 Å². The van der Waals surface area contributed by atoms with Crippen LogP contribution in [0.15, 0.2) is 46.9 Å². The fourth-order valence-electron chi connectivity index (χ4n) is 3.33. The highest BCUT2D eigenvalue weighted by atomic mass is 79.9. The quantitative estimate of drug-likeness (QED) is 0.491. The molecule has 1 heterocycles. The number of hydrogen-bond donors (Lipinski definition) is 2. The lowest BCUT2D eigenvalue weighted by Gasteiger charge is -2.16. The molecule has 1 aliphatic heterocycles. The van der Waals surface area contributed by atoms with Gasteiger partial charge in [0.05, 0.1) is 11.1 Å². The summed E-state index contributed by atoms with van der Waals surface area (Å²) in [5, 5.41) is 5.82. The van der Waals surface area contributed by atoms with Gasteiger partial charge < -0.3 is 15.0 Å². The maximum Gasteiger partial charge on any atom is 0.257 e. The summed E-state index contributed by atoms with van der Waals surface area (Å²) in [6, 6.07) is 12.3. The van der Waals surface area contributed by atoms with Crippen molar-refractivity contribution in [1.82, 2.24) is 10.2 Å². The summed E-state index contributed by atoms with van der Waals surface area (Å²) in [5.41, 5.74) is 1.70. The van der Waals surface area contributed by atoms with Gasteiger partial charge in [0, 0.05) is 29.9 Å². The number of nitrogens with zero attached hydrogens (tertiary/aromatic N) is 1. The topological polar surface area (TPSA) is 70.7 Å². The number of carbonyl (C=O) groups excluding carboxylic acids is 2. The molecule has 0 radical (unpaired) electrons. The Hall–Kier alpha value is -2.45. The van der Waals surface area contributed by atoms with Gasteiger partial charge in [-0.3, -0.25) is 14.9 Å². The minimum Gasteiger partial charge on any atom is -0.492 e. The smallest absolute Gasteiger partial charge is 0.257 e. The Labute approximate surface area is 202 Å². The molecule has 0 aromatic heterocycles. The van der Waals surface area contributed by atoms with Gasteiger partial charge in [0.1, 0.15) is 5.75 Å². The van der Waals surface area contributed by atoms with E-state index in [2.05, 4.69) is 40.4 Å². The van der Waals surface area contributed by atoms with Gasteiger partial charge in [-0.05, 0) is 89.7 Å². The van der Waals surface area contributed by atoms with Crippen molar-refractivity contribution in [3.63, 3.8) is 0 Å². The second-order valence-electron chi connectivity index (χ2n) is 8.16. The Morgan fingerprint density at radius 3 is 2.56 bits per heavy atom. The van der Waals surface area contributed by atoms with Gasteiger partial charge in [-0.1, -0.05) is 19.9 Å². The number of amides is 2. The zero-order chi connectivity index (χ0) is 23.1. The number of rotatable bonds is 7. The zero-order valence-corrected chi connectivity index (χ0v) is 20.7. The van der Waals surface area contributed by atoms with E-state index in [9.17, 15) is 9.59 Å². The first-order chi connectivity index (χ1) is 15.3. The van der Waals surface area contributed by atoms with Crippen molar-refractivity contribution in [2.24, 2.45) is 5.92 Å². The average molecular weight is 518 g/mol. The van der Waals surface area contributed by atoms with Crippen LogP contribution in [0.25, 0.3) is 0 Å². The van der Waals surface area contributed by atoms with E-state index in [0.717, 1.165) is 32.4 Å². The Kier molecular flexibility index (Phi) is 8.64. The third kappa shape index (κ3) is 6.77. The molecule has 2 amide bonds. The van der Waals surface area contributed by atoms with Crippen LogP contribution in [0.5, 0.6) is 5.75 Å². The molecular formula is C24H28BrN3O3S. The molecule has 32 heavy (non-hydrogen) atoms. The third-order valence-corrected chi connectivity index (χ3v) is 5.96. The average Bonchev–Trinajstić information content (AvgIpc) is 3.29. The molecule has 3 rings (SSSR count). The lowest BCUT2D eigenvalue weighted by molar-refractivity contribution is 0.0792. The van der Waals surface area contributed by atoms with Crippen LogP contribution >= 0.6 is 28.1 Å². The van der Waals surface area contributed by atoms with Crippen molar-refractivity contribution in [2.75, 3.05) is 25.0 Å². The molecular weight excluding hydrogens is 490 g/mol. The number of thiocarbonyl (C=S) groups is 1. The second-order valence-corrected chi connectivity index (χ2v) is 9.43. The van der Waals surface area contributed by atoms with Gasteiger partial charge in [0.15, 0.2) is 5.11 Å². The molecule has 2 N–H and O–H groups in total. The number of carbonyl (C=O) groups is 2. The monoisotopic (exact) mass is 517 g/mol. The highest BCUT2D eigenvalue weighted by Gasteiger charge is 2.19. The number of ether oxygens (including phenoxy) is 1. The van der Waals surface area contributed by atoms with E-state index in [-0.39, 0.29) is 16.9 Å². The molecule has 2 aromatic rings. The van der Waals surface area contributed by atoms with Gasteiger partial charge in [0.25, 0.3) is 11.8 Å². The van der Waals surface area contributed by atoms with Gasteiger partial charge in [-0.25, -0.2) is 0 Å². The first-order valence-electron chi connectivity index (χ1n) is 10.8. The molecule has 0 aliphatic carbocycles. The Bertz CT molecular complexity index is 990. The molecule has 1 aliphatic rings. The number of likely N-dealkylation sites (tertiary alicyclic amines) is 1. The van der Waals surface area contributed by atoms with Crippen molar-refractivity contribution in [3.8, 4) is 5.75 Å². The van der Waals surface area contributed by atoms with E-state index >= 15 is 0 Å². The van der Waals surface area contributed by atoms with E-state index in [1.807, 2.05) is 4.90 Å². The lowest BCUT2D eigenvalue weighted by Crippen LogP contribution is -2.34.